The lowest BCUT2D eigenvalue weighted by Gasteiger charge is -1.97. The summed E-state index contributed by atoms with van der Waals surface area (Å²) >= 11 is 0. The van der Waals surface area contributed by atoms with E-state index in [1.165, 1.54) is 6.92 Å². The first-order valence-corrected chi connectivity index (χ1v) is 3.72. The van der Waals surface area contributed by atoms with Crippen LogP contribution in [0.15, 0.2) is 0 Å². The quantitative estimate of drug-likeness (QED) is 0.586. The standard InChI is InChI=1S/C8H15NO/c1-3-4-5-8(9)6-7(2)10/h9H,3-6H2,1-2H3. The molecule has 0 unspecified atom stereocenters. The van der Waals surface area contributed by atoms with Crippen LogP contribution in [0.5, 0.6) is 0 Å². The fraction of sp³-hybridized carbons (Fsp3) is 0.750. The summed E-state index contributed by atoms with van der Waals surface area (Å²) in [6.45, 7) is 3.61. The Hall–Kier alpha value is -0.660. The summed E-state index contributed by atoms with van der Waals surface area (Å²) in [6, 6.07) is 0. The molecular formula is C8H15NO. The summed E-state index contributed by atoms with van der Waals surface area (Å²) in [5, 5.41) is 7.30. The van der Waals surface area contributed by atoms with Crippen molar-refractivity contribution >= 4 is 11.5 Å². The molecule has 0 bridgehead atoms. The molecule has 0 radical (unpaired) electrons. The van der Waals surface area contributed by atoms with Gasteiger partial charge in [0.2, 0.25) is 0 Å². The number of carbonyl (C=O) groups excluding carboxylic acids is 1. The highest BCUT2D eigenvalue weighted by Crippen LogP contribution is 1.98. The predicted octanol–water partition coefficient (Wildman–Crippen LogP) is 2.18. The Morgan fingerprint density at radius 1 is 1.50 bits per heavy atom. The van der Waals surface area contributed by atoms with E-state index < -0.39 is 0 Å². The molecule has 0 spiro atoms. The SMILES string of the molecule is CCCCC(=N)CC(C)=O. The molecule has 2 heteroatoms. The second-order valence-electron chi connectivity index (χ2n) is 2.59. The van der Waals surface area contributed by atoms with Gasteiger partial charge in [0, 0.05) is 12.1 Å². The van der Waals surface area contributed by atoms with Crippen molar-refractivity contribution in [2.45, 2.75) is 39.5 Å². The highest BCUT2D eigenvalue weighted by molar-refractivity contribution is 5.99. The number of hydrogen-bond acceptors (Lipinski definition) is 2. The van der Waals surface area contributed by atoms with Crippen LogP contribution < -0.4 is 0 Å². The molecule has 0 aliphatic rings. The van der Waals surface area contributed by atoms with E-state index in [4.69, 9.17) is 5.41 Å². The van der Waals surface area contributed by atoms with Crippen molar-refractivity contribution < 1.29 is 4.79 Å². The summed E-state index contributed by atoms with van der Waals surface area (Å²) in [7, 11) is 0. The van der Waals surface area contributed by atoms with Gasteiger partial charge in [0.05, 0.1) is 0 Å². The van der Waals surface area contributed by atoms with Crippen molar-refractivity contribution in [3.8, 4) is 0 Å². The fourth-order valence-corrected chi connectivity index (χ4v) is 0.779. The Bertz CT molecular complexity index is 129. The van der Waals surface area contributed by atoms with Gasteiger partial charge in [-0.1, -0.05) is 13.3 Å². The Balaban J connectivity index is 3.35. The third-order valence-electron chi connectivity index (χ3n) is 1.29. The van der Waals surface area contributed by atoms with Crippen molar-refractivity contribution in [1.29, 1.82) is 5.41 Å². The zero-order valence-corrected chi connectivity index (χ0v) is 6.74. The third kappa shape index (κ3) is 5.48. The van der Waals surface area contributed by atoms with Crippen molar-refractivity contribution in [3.63, 3.8) is 0 Å². The first kappa shape index (κ1) is 9.34. The average molecular weight is 141 g/mol. The zero-order valence-electron chi connectivity index (χ0n) is 6.74. The smallest absolute Gasteiger partial charge is 0.135 e. The van der Waals surface area contributed by atoms with E-state index in [1.807, 2.05) is 0 Å². The van der Waals surface area contributed by atoms with Crippen LogP contribution in [0.1, 0.15) is 39.5 Å². The van der Waals surface area contributed by atoms with Gasteiger partial charge in [-0.15, -0.1) is 0 Å². The van der Waals surface area contributed by atoms with Crippen LogP contribution in [0.4, 0.5) is 0 Å². The maximum Gasteiger partial charge on any atom is 0.135 e. The summed E-state index contributed by atoms with van der Waals surface area (Å²) in [6.07, 6.45) is 3.27. The summed E-state index contributed by atoms with van der Waals surface area (Å²) in [5.41, 5.74) is 0.578. The summed E-state index contributed by atoms with van der Waals surface area (Å²) in [4.78, 5) is 10.5. The second kappa shape index (κ2) is 5.15. The first-order chi connectivity index (χ1) is 4.66. The second-order valence-corrected chi connectivity index (χ2v) is 2.59. The first-order valence-electron chi connectivity index (χ1n) is 3.72. The number of carbonyl (C=O) groups is 1. The number of Topliss-reactive ketones (excluding diaryl/α,β-unsaturated/α-hetero) is 1. The minimum Gasteiger partial charge on any atom is -0.309 e. The molecule has 0 saturated heterocycles. The lowest BCUT2D eigenvalue weighted by Crippen LogP contribution is -2.02. The van der Waals surface area contributed by atoms with Gasteiger partial charge >= 0.3 is 0 Å². The molecule has 0 amide bonds. The van der Waals surface area contributed by atoms with Crippen LogP contribution in [0.2, 0.25) is 0 Å². The number of hydrogen-bond donors (Lipinski definition) is 1. The number of ketones is 1. The van der Waals surface area contributed by atoms with Gasteiger partial charge in [-0.3, -0.25) is 4.79 Å². The van der Waals surface area contributed by atoms with E-state index in [9.17, 15) is 4.79 Å². The van der Waals surface area contributed by atoms with E-state index >= 15 is 0 Å². The minimum atomic E-state index is 0.0982. The van der Waals surface area contributed by atoms with Gasteiger partial charge in [0.15, 0.2) is 0 Å². The molecule has 0 aromatic rings. The number of rotatable bonds is 5. The van der Waals surface area contributed by atoms with Gasteiger partial charge in [-0.05, 0) is 19.8 Å². The van der Waals surface area contributed by atoms with E-state index in [0.29, 0.717) is 12.1 Å². The Morgan fingerprint density at radius 3 is 2.50 bits per heavy atom. The van der Waals surface area contributed by atoms with E-state index in [-0.39, 0.29) is 5.78 Å². The normalized spacial score (nSPS) is 9.40. The van der Waals surface area contributed by atoms with Crippen LogP contribution in [-0.4, -0.2) is 11.5 Å². The van der Waals surface area contributed by atoms with Crippen LogP contribution in [0.25, 0.3) is 0 Å². The van der Waals surface area contributed by atoms with Gasteiger partial charge in [0.1, 0.15) is 5.78 Å². The Morgan fingerprint density at radius 2 is 2.10 bits per heavy atom. The molecule has 0 rings (SSSR count). The highest BCUT2D eigenvalue weighted by atomic mass is 16.1. The number of unbranched alkanes of at least 4 members (excludes halogenated alkanes) is 1. The van der Waals surface area contributed by atoms with E-state index in [1.54, 1.807) is 0 Å². The van der Waals surface area contributed by atoms with Gasteiger partial charge in [0.25, 0.3) is 0 Å². The number of nitrogens with one attached hydrogen (secondary N) is 1. The Labute approximate surface area is 62.1 Å². The van der Waals surface area contributed by atoms with Gasteiger partial charge in [-0.25, -0.2) is 0 Å². The Kier molecular flexibility index (Phi) is 4.81. The van der Waals surface area contributed by atoms with Crippen molar-refractivity contribution in [3.05, 3.63) is 0 Å². The van der Waals surface area contributed by atoms with Crippen LogP contribution in [0, 0.1) is 5.41 Å². The highest BCUT2D eigenvalue weighted by Gasteiger charge is 1.98. The van der Waals surface area contributed by atoms with Gasteiger partial charge in [-0.2, -0.15) is 0 Å². The topological polar surface area (TPSA) is 40.9 Å². The molecule has 0 saturated carbocycles. The zero-order chi connectivity index (χ0) is 7.98. The molecule has 58 valence electrons. The maximum atomic E-state index is 10.5. The molecule has 0 aromatic carbocycles. The maximum absolute atomic E-state index is 10.5. The minimum absolute atomic E-state index is 0.0982. The van der Waals surface area contributed by atoms with E-state index in [0.717, 1.165) is 19.3 Å². The molecule has 1 N–H and O–H groups in total. The molecule has 2 nitrogen and oxygen atoms in total. The molecular weight excluding hydrogens is 126 g/mol. The third-order valence-corrected chi connectivity index (χ3v) is 1.29. The lowest BCUT2D eigenvalue weighted by atomic mass is 10.1. The van der Waals surface area contributed by atoms with Crippen molar-refractivity contribution in [2.75, 3.05) is 0 Å². The van der Waals surface area contributed by atoms with Crippen LogP contribution in [0.3, 0.4) is 0 Å². The molecule has 0 aliphatic carbocycles. The molecule has 0 fully saturated rings. The average Bonchev–Trinajstić information content (AvgIpc) is 1.82. The molecule has 10 heavy (non-hydrogen) atoms. The van der Waals surface area contributed by atoms with Crippen molar-refractivity contribution in [2.24, 2.45) is 0 Å². The summed E-state index contributed by atoms with van der Waals surface area (Å²) < 4.78 is 0. The molecule has 0 aromatic heterocycles. The van der Waals surface area contributed by atoms with Crippen molar-refractivity contribution in [1.82, 2.24) is 0 Å². The molecule has 0 aliphatic heterocycles. The monoisotopic (exact) mass is 141 g/mol. The predicted molar refractivity (Wildman–Crippen MR) is 42.5 cm³/mol. The fourth-order valence-electron chi connectivity index (χ4n) is 0.779. The molecule has 0 atom stereocenters. The largest absolute Gasteiger partial charge is 0.309 e. The summed E-state index contributed by atoms with van der Waals surface area (Å²) in [5.74, 6) is 0.0982. The van der Waals surface area contributed by atoms with E-state index in [2.05, 4.69) is 6.92 Å². The van der Waals surface area contributed by atoms with Crippen LogP contribution >= 0.6 is 0 Å². The van der Waals surface area contributed by atoms with Gasteiger partial charge < -0.3 is 5.41 Å². The molecule has 0 heterocycles. The lowest BCUT2D eigenvalue weighted by molar-refractivity contribution is -0.115. The van der Waals surface area contributed by atoms with Crippen LogP contribution in [-0.2, 0) is 4.79 Å².